The van der Waals surface area contributed by atoms with Crippen molar-refractivity contribution in [2.45, 2.75) is 72.8 Å². The maximum Gasteiger partial charge on any atom is 0.222 e. The van der Waals surface area contributed by atoms with Gasteiger partial charge in [0.15, 0.2) is 0 Å². The highest BCUT2D eigenvalue weighted by Crippen LogP contribution is 2.52. The monoisotopic (exact) mass is 251 g/mol. The summed E-state index contributed by atoms with van der Waals surface area (Å²) in [5, 5.41) is 0. The zero-order valence-corrected chi connectivity index (χ0v) is 12.8. The van der Waals surface area contributed by atoms with Crippen molar-refractivity contribution < 1.29 is 4.79 Å². The maximum atomic E-state index is 12.4. The number of carbonyl (C=O) groups is 1. The van der Waals surface area contributed by atoms with Crippen LogP contribution in [-0.2, 0) is 4.79 Å². The minimum atomic E-state index is 0.375. The van der Waals surface area contributed by atoms with Crippen molar-refractivity contribution in [2.75, 3.05) is 6.54 Å². The molecule has 0 aromatic carbocycles. The number of hydrogen-bond donors (Lipinski definition) is 0. The molecule has 0 spiro atoms. The predicted molar refractivity (Wildman–Crippen MR) is 75.3 cm³/mol. The Labute approximate surface area is 112 Å². The molecule has 1 heterocycles. The summed E-state index contributed by atoms with van der Waals surface area (Å²) >= 11 is 0. The molecule has 18 heavy (non-hydrogen) atoms. The van der Waals surface area contributed by atoms with E-state index in [1.165, 1.54) is 19.3 Å². The van der Waals surface area contributed by atoms with E-state index in [1.54, 1.807) is 0 Å². The molecule has 2 aliphatic rings. The molecule has 1 aliphatic heterocycles. The molecule has 2 heteroatoms. The van der Waals surface area contributed by atoms with Gasteiger partial charge in [0, 0.05) is 19.0 Å². The summed E-state index contributed by atoms with van der Waals surface area (Å²) in [6, 6.07) is 0.512. The quantitative estimate of drug-likeness (QED) is 0.746. The summed E-state index contributed by atoms with van der Waals surface area (Å²) in [6.45, 7) is 12.5. The number of rotatable bonds is 3. The van der Waals surface area contributed by atoms with Gasteiger partial charge in [-0.3, -0.25) is 4.79 Å². The van der Waals surface area contributed by atoms with Crippen LogP contribution in [-0.4, -0.2) is 23.4 Å². The van der Waals surface area contributed by atoms with Gasteiger partial charge in [0.05, 0.1) is 0 Å². The van der Waals surface area contributed by atoms with E-state index in [4.69, 9.17) is 0 Å². The van der Waals surface area contributed by atoms with Crippen LogP contribution in [0.1, 0.15) is 66.7 Å². The lowest BCUT2D eigenvalue weighted by Gasteiger charge is -2.39. The van der Waals surface area contributed by atoms with Crippen molar-refractivity contribution in [1.29, 1.82) is 0 Å². The lowest BCUT2D eigenvalue weighted by molar-refractivity contribution is -0.132. The molecular formula is C16H29NO. The first kappa shape index (κ1) is 13.9. The summed E-state index contributed by atoms with van der Waals surface area (Å²) in [6.07, 6.45) is 5.46. The van der Waals surface area contributed by atoms with Crippen LogP contribution in [0.5, 0.6) is 0 Å². The van der Waals surface area contributed by atoms with Crippen molar-refractivity contribution in [1.82, 2.24) is 4.90 Å². The molecule has 1 aliphatic carbocycles. The topological polar surface area (TPSA) is 20.3 Å². The first-order chi connectivity index (χ1) is 8.21. The van der Waals surface area contributed by atoms with Crippen LogP contribution in [0.2, 0.25) is 0 Å². The third kappa shape index (κ3) is 2.89. The number of fused-ring (bicyclic) bond motifs is 2. The molecular weight excluding hydrogens is 222 g/mol. The molecule has 1 saturated heterocycles. The van der Waals surface area contributed by atoms with E-state index in [0.717, 1.165) is 19.4 Å². The Bertz CT molecular complexity index is 334. The van der Waals surface area contributed by atoms with Crippen molar-refractivity contribution in [3.05, 3.63) is 0 Å². The highest BCUT2D eigenvalue weighted by molar-refractivity contribution is 5.77. The lowest BCUT2D eigenvalue weighted by Crippen LogP contribution is -2.37. The van der Waals surface area contributed by atoms with E-state index in [2.05, 4.69) is 39.5 Å². The Balaban J connectivity index is 2.02. The Hall–Kier alpha value is -0.530. The number of carbonyl (C=O) groups excluding carboxylic acids is 1. The van der Waals surface area contributed by atoms with Gasteiger partial charge >= 0.3 is 0 Å². The second kappa shape index (κ2) is 4.54. The van der Waals surface area contributed by atoms with Crippen molar-refractivity contribution in [3.63, 3.8) is 0 Å². The van der Waals surface area contributed by atoms with E-state index >= 15 is 0 Å². The summed E-state index contributed by atoms with van der Waals surface area (Å²) in [5.74, 6) is 1.03. The molecule has 0 aromatic rings. The van der Waals surface area contributed by atoms with Gasteiger partial charge in [0.1, 0.15) is 0 Å². The van der Waals surface area contributed by atoms with Gasteiger partial charge in [-0.05, 0) is 42.4 Å². The van der Waals surface area contributed by atoms with Crippen LogP contribution < -0.4 is 0 Å². The molecule has 104 valence electrons. The Morgan fingerprint density at radius 2 is 1.94 bits per heavy atom. The SMILES string of the molecule is CC(C)CCC(=O)N1CC2(C)CC1CC(C)(C)C2. The Morgan fingerprint density at radius 3 is 2.56 bits per heavy atom. The fourth-order valence-corrected chi connectivity index (χ4v) is 4.31. The third-order valence-electron chi connectivity index (χ3n) is 4.67. The minimum Gasteiger partial charge on any atom is -0.339 e. The fraction of sp³-hybridized carbons (Fsp3) is 0.938. The normalized spacial score (nSPS) is 34.1. The number of amides is 1. The zero-order chi connectivity index (χ0) is 13.6. The smallest absolute Gasteiger partial charge is 0.222 e. The second-order valence-corrected chi connectivity index (χ2v) is 8.17. The van der Waals surface area contributed by atoms with Gasteiger partial charge in [-0.15, -0.1) is 0 Å². The summed E-state index contributed by atoms with van der Waals surface area (Å²) < 4.78 is 0. The molecule has 0 aromatic heterocycles. The number of hydrogen-bond acceptors (Lipinski definition) is 1. The molecule has 2 fully saturated rings. The lowest BCUT2D eigenvalue weighted by atomic mass is 9.65. The van der Waals surface area contributed by atoms with Crippen LogP contribution >= 0.6 is 0 Å². The fourth-order valence-electron chi connectivity index (χ4n) is 4.31. The van der Waals surface area contributed by atoms with E-state index in [0.29, 0.717) is 28.7 Å². The molecule has 2 bridgehead atoms. The van der Waals surface area contributed by atoms with Gasteiger partial charge in [-0.2, -0.15) is 0 Å². The molecule has 0 radical (unpaired) electrons. The van der Waals surface area contributed by atoms with Crippen LogP contribution in [0.4, 0.5) is 0 Å². The van der Waals surface area contributed by atoms with Gasteiger partial charge in [0.25, 0.3) is 0 Å². The molecule has 1 saturated carbocycles. The summed E-state index contributed by atoms with van der Waals surface area (Å²) in [7, 11) is 0. The standard InChI is InChI=1S/C16H29NO/c1-12(2)6-7-14(18)17-11-16(5)9-13(17)8-15(3,4)10-16/h12-13H,6-11H2,1-5H3. The summed E-state index contributed by atoms with van der Waals surface area (Å²) in [5.41, 5.74) is 0.782. The van der Waals surface area contributed by atoms with Gasteiger partial charge in [-0.25, -0.2) is 0 Å². The average molecular weight is 251 g/mol. The predicted octanol–water partition coefficient (Wildman–Crippen LogP) is 3.85. The first-order valence-corrected chi connectivity index (χ1v) is 7.50. The van der Waals surface area contributed by atoms with Crippen molar-refractivity contribution in [2.24, 2.45) is 16.7 Å². The van der Waals surface area contributed by atoms with Crippen LogP contribution in [0.3, 0.4) is 0 Å². The minimum absolute atomic E-state index is 0.375. The highest BCUT2D eigenvalue weighted by atomic mass is 16.2. The first-order valence-electron chi connectivity index (χ1n) is 7.50. The van der Waals surface area contributed by atoms with Gasteiger partial charge in [-0.1, -0.05) is 34.6 Å². The molecule has 1 amide bonds. The largest absolute Gasteiger partial charge is 0.339 e. The van der Waals surface area contributed by atoms with E-state index in [-0.39, 0.29) is 0 Å². The second-order valence-electron chi connectivity index (χ2n) is 8.17. The van der Waals surface area contributed by atoms with Crippen LogP contribution in [0.15, 0.2) is 0 Å². The molecule has 2 nitrogen and oxygen atoms in total. The third-order valence-corrected chi connectivity index (χ3v) is 4.67. The van der Waals surface area contributed by atoms with E-state index in [9.17, 15) is 4.79 Å². The van der Waals surface area contributed by atoms with Crippen molar-refractivity contribution in [3.8, 4) is 0 Å². The molecule has 2 atom stereocenters. The Morgan fingerprint density at radius 1 is 1.28 bits per heavy atom. The molecule has 0 N–H and O–H groups in total. The number of likely N-dealkylation sites (tertiary alicyclic amines) is 1. The van der Waals surface area contributed by atoms with Gasteiger partial charge < -0.3 is 4.90 Å². The van der Waals surface area contributed by atoms with E-state index < -0.39 is 0 Å². The Kier molecular flexibility index (Phi) is 3.50. The molecule has 2 unspecified atom stereocenters. The van der Waals surface area contributed by atoms with Gasteiger partial charge in [0.2, 0.25) is 5.91 Å². The van der Waals surface area contributed by atoms with Crippen LogP contribution in [0.25, 0.3) is 0 Å². The average Bonchev–Trinajstić information content (AvgIpc) is 2.44. The van der Waals surface area contributed by atoms with Crippen molar-refractivity contribution >= 4 is 5.91 Å². The molecule has 2 rings (SSSR count). The zero-order valence-electron chi connectivity index (χ0n) is 12.8. The van der Waals surface area contributed by atoms with Crippen LogP contribution in [0, 0.1) is 16.7 Å². The highest BCUT2D eigenvalue weighted by Gasteiger charge is 2.50. The van der Waals surface area contributed by atoms with E-state index in [1.807, 2.05) is 0 Å². The number of nitrogens with zero attached hydrogens (tertiary/aromatic N) is 1. The summed E-state index contributed by atoms with van der Waals surface area (Å²) in [4.78, 5) is 14.6. The maximum absolute atomic E-state index is 12.4.